The molecule has 2 fully saturated rings. The third kappa shape index (κ3) is 6.78. The smallest absolute Gasteiger partial charge is 0.264 e. The number of aliphatic hydroxyl groups excluding tert-OH is 1. The summed E-state index contributed by atoms with van der Waals surface area (Å²) in [5.74, 6) is -3.14. The van der Waals surface area contributed by atoms with E-state index in [1.54, 1.807) is 42.4 Å². The van der Waals surface area contributed by atoms with Crippen LogP contribution < -0.4 is 15.1 Å². The molecule has 2 heterocycles. The van der Waals surface area contributed by atoms with Gasteiger partial charge in [-0.05, 0) is 49.1 Å². The molecule has 0 amide bonds. The van der Waals surface area contributed by atoms with E-state index in [2.05, 4.69) is 17.2 Å². The summed E-state index contributed by atoms with van der Waals surface area (Å²) in [7, 11) is 4.42. The Labute approximate surface area is 215 Å². The second kappa shape index (κ2) is 12.4. The van der Waals surface area contributed by atoms with Crippen LogP contribution in [0.3, 0.4) is 0 Å². The standard InChI is InChI=1S/C26H29F3N4O2.CH4O/c1-17(30-2)15-32(3)22-11-8-18(13-23(22)34-4)12-20-14-26(28,29)16-33-24(20)31-35-25(33)19-6-5-7-21(27)10-9-19;1-2/h5-13,15,19,24-25,31H,2,14,16H2,1,3-4H3;2H,1H3/b17-15-,20-12+;. The summed E-state index contributed by atoms with van der Waals surface area (Å²) in [5.41, 5.74) is 5.66. The first-order valence-corrected chi connectivity index (χ1v) is 11.7. The number of halogens is 3. The van der Waals surface area contributed by atoms with Crippen molar-refractivity contribution in [1.29, 1.82) is 0 Å². The van der Waals surface area contributed by atoms with Crippen LogP contribution in [0.1, 0.15) is 18.9 Å². The second-order valence-corrected chi connectivity index (χ2v) is 8.80. The molecule has 3 atom stereocenters. The van der Waals surface area contributed by atoms with E-state index in [-0.39, 0.29) is 5.92 Å². The van der Waals surface area contributed by atoms with Crippen molar-refractivity contribution < 1.29 is 27.9 Å². The number of nitrogens with one attached hydrogen (secondary N) is 1. The monoisotopic (exact) mass is 518 g/mol. The maximum Gasteiger partial charge on any atom is 0.264 e. The van der Waals surface area contributed by atoms with Gasteiger partial charge in [0.05, 0.1) is 25.0 Å². The Hall–Kier alpha value is -3.18. The van der Waals surface area contributed by atoms with Crippen LogP contribution in [0.2, 0.25) is 0 Å². The van der Waals surface area contributed by atoms with Gasteiger partial charge in [-0.2, -0.15) is 5.48 Å². The topological polar surface area (TPSA) is 69.6 Å². The highest BCUT2D eigenvalue weighted by Crippen LogP contribution is 2.40. The van der Waals surface area contributed by atoms with Crippen LogP contribution in [0, 0.1) is 5.92 Å². The number of hydrogen-bond donors (Lipinski definition) is 2. The molecule has 1 aromatic rings. The molecule has 0 radical (unpaired) electrons. The number of aliphatic imine (C=N–C) groups is 1. The maximum atomic E-state index is 14.8. The number of alkyl halides is 2. The lowest BCUT2D eigenvalue weighted by Crippen LogP contribution is -2.53. The molecule has 1 aliphatic carbocycles. The Morgan fingerprint density at radius 2 is 2.11 bits per heavy atom. The zero-order valence-corrected chi connectivity index (χ0v) is 21.4. The number of anilines is 1. The Morgan fingerprint density at radius 1 is 1.35 bits per heavy atom. The van der Waals surface area contributed by atoms with Gasteiger partial charge < -0.3 is 14.7 Å². The van der Waals surface area contributed by atoms with Crippen molar-refractivity contribution in [2.75, 3.05) is 32.7 Å². The number of methoxy groups -OCH3 is 1. The molecule has 2 aliphatic heterocycles. The molecule has 200 valence electrons. The number of nitrogens with zero attached hydrogens (tertiary/aromatic N) is 3. The third-order valence-electron chi connectivity index (χ3n) is 6.15. The Morgan fingerprint density at radius 3 is 2.81 bits per heavy atom. The number of allylic oxidation sites excluding steroid dienone is 5. The predicted molar refractivity (Wildman–Crippen MR) is 140 cm³/mol. The van der Waals surface area contributed by atoms with Gasteiger partial charge in [-0.25, -0.2) is 18.1 Å². The van der Waals surface area contributed by atoms with Gasteiger partial charge in [0.2, 0.25) is 0 Å². The van der Waals surface area contributed by atoms with E-state index in [0.717, 1.165) is 24.1 Å². The molecule has 7 nitrogen and oxygen atoms in total. The molecular formula is C27H33F3N4O3. The van der Waals surface area contributed by atoms with Gasteiger partial charge in [-0.3, -0.25) is 9.83 Å². The zero-order chi connectivity index (χ0) is 27.2. The maximum absolute atomic E-state index is 14.8. The summed E-state index contributed by atoms with van der Waals surface area (Å²) in [4.78, 5) is 13.1. The Kier molecular flexibility index (Phi) is 9.50. The van der Waals surface area contributed by atoms with Crippen LogP contribution in [-0.4, -0.2) is 62.9 Å². The van der Waals surface area contributed by atoms with E-state index in [4.69, 9.17) is 14.7 Å². The van der Waals surface area contributed by atoms with Crippen molar-refractivity contribution in [3.63, 3.8) is 0 Å². The summed E-state index contributed by atoms with van der Waals surface area (Å²) in [6, 6.07) is 5.52. The van der Waals surface area contributed by atoms with Gasteiger partial charge in [-0.1, -0.05) is 30.4 Å². The first kappa shape index (κ1) is 28.4. The van der Waals surface area contributed by atoms with Gasteiger partial charge in [-0.15, -0.1) is 0 Å². The molecule has 0 bridgehead atoms. The van der Waals surface area contributed by atoms with E-state index in [1.165, 1.54) is 12.2 Å². The lowest BCUT2D eigenvalue weighted by Gasteiger charge is -2.38. The lowest BCUT2D eigenvalue weighted by atomic mass is 9.94. The number of fused-ring (bicyclic) bond motifs is 1. The summed E-state index contributed by atoms with van der Waals surface area (Å²) in [6.07, 6.45) is 9.52. The Balaban J connectivity index is 0.00000186. The molecule has 10 heteroatoms. The van der Waals surface area contributed by atoms with Gasteiger partial charge >= 0.3 is 0 Å². The third-order valence-corrected chi connectivity index (χ3v) is 6.15. The van der Waals surface area contributed by atoms with Gasteiger partial charge in [0.15, 0.2) is 0 Å². The number of ether oxygens (including phenoxy) is 1. The van der Waals surface area contributed by atoms with E-state index < -0.39 is 37.1 Å². The highest BCUT2D eigenvalue weighted by molar-refractivity contribution is 5.67. The van der Waals surface area contributed by atoms with Gasteiger partial charge in [0.25, 0.3) is 5.92 Å². The molecule has 37 heavy (non-hydrogen) atoms. The minimum atomic E-state index is -2.94. The molecular weight excluding hydrogens is 485 g/mol. The van der Waals surface area contributed by atoms with Crippen molar-refractivity contribution in [3.8, 4) is 5.75 Å². The number of piperidine rings is 1. The minimum absolute atomic E-state index is 0.386. The molecule has 3 aliphatic rings. The van der Waals surface area contributed by atoms with Crippen LogP contribution in [0.5, 0.6) is 5.75 Å². The molecule has 3 unspecified atom stereocenters. The van der Waals surface area contributed by atoms with Crippen LogP contribution in [0.25, 0.3) is 6.08 Å². The fourth-order valence-electron chi connectivity index (χ4n) is 4.50. The number of hydrogen-bond acceptors (Lipinski definition) is 7. The van der Waals surface area contributed by atoms with Crippen molar-refractivity contribution in [2.45, 2.75) is 31.7 Å². The van der Waals surface area contributed by atoms with Crippen molar-refractivity contribution in [3.05, 3.63) is 77.4 Å². The number of rotatable bonds is 6. The molecule has 0 spiro atoms. The second-order valence-electron chi connectivity index (χ2n) is 8.80. The molecule has 0 saturated carbocycles. The van der Waals surface area contributed by atoms with Gasteiger partial charge in [0.1, 0.15) is 24.0 Å². The summed E-state index contributed by atoms with van der Waals surface area (Å²) in [6.45, 7) is 4.89. The molecule has 4 rings (SSSR count). The average Bonchev–Trinajstić information content (AvgIpc) is 3.17. The van der Waals surface area contributed by atoms with Crippen LogP contribution in [-0.2, 0) is 4.84 Å². The van der Waals surface area contributed by atoms with E-state index in [1.807, 2.05) is 37.2 Å². The quantitative estimate of drug-likeness (QED) is 0.527. The van der Waals surface area contributed by atoms with Crippen LogP contribution >= 0.6 is 0 Å². The lowest BCUT2D eigenvalue weighted by molar-refractivity contribution is -0.0874. The van der Waals surface area contributed by atoms with Crippen LogP contribution in [0.15, 0.2) is 76.9 Å². The normalized spacial score (nSPS) is 26.1. The first-order chi connectivity index (χ1) is 17.7. The highest BCUT2D eigenvalue weighted by atomic mass is 19.3. The zero-order valence-electron chi connectivity index (χ0n) is 21.4. The van der Waals surface area contributed by atoms with Gasteiger partial charge in [0, 0.05) is 32.7 Å². The highest BCUT2D eigenvalue weighted by Gasteiger charge is 2.50. The summed E-state index contributed by atoms with van der Waals surface area (Å²) >= 11 is 0. The number of aliphatic hydroxyl groups is 1. The average molecular weight is 519 g/mol. The van der Waals surface area contributed by atoms with Crippen molar-refractivity contribution >= 4 is 18.5 Å². The van der Waals surface area contributed by atoms with E-state index >= 15 is 0 Å². The van der Waals surface area contributed by atoms with Crippen molar-refractivity contribution in [2.24, 2.45) is 10.9 Å². The predicted octanol–water partition coefficient (Wildman–Crippen LogP) is 4.81. The number of benzene rings is 1. The van der Waals surface area contributed by atoms with Crippen molar-refractivity contribution in [1.82, 2.24) is 10.4 Å². The molecule has 2 N–H and O–H groups in total. The first-order valence-electron chi connectivity index (χ1n) is 11.7. The minimum Gasteiger partial charge on any atom is -0.495 e. The fourth-order valence-corrected chi connectivity index (χ4v) is 4.50. The van der Waals surface area contributed by atoms with E-state index in [9.17, 15) is 13.2 Å². The summed E-state index contributed by atoms with van der Waals surface area (Å²) < 4.78 is 48.8. The summed E-state index contributed by atoms with van der Waals surface area (Å²) in [5, 5.41) is 7.00. The molecule has 1 aromatic carbocycles. The van der Waals surface area contributed by atoms with E-state index in [0.29, 0.717) is 11.3 Å². The largest absolute Gasteiger partial charge is 0.495 e. The Bertz CT molecular complexity index is 1130. The molecule has 2 saturated heterocycles. The van der Waals surface area contributed by atoms with Crippen LogP contribution in [0.4, 0.5) is 18.9 Å². The SMILES string of the molecule is C=N/C(C)=C\N(C)c1ccc(/C=C2\CC(F)(F)CN3C2NOC3C2C=CC=C(F)C=C2)cc1OC.CO. The number of hydroxylamine groups is 1. The fraction of sp³-hybridized carbons (Fsp3) is 0.370. The molecule has 0 aromatic heterocycles.